The van der Waals surface area contributed by atoms with Gasteiger partial charge in [-0.2, -0.15) is 0 Å². The Balaban J connectivity index is 1.70. The molecule has 1 N–H and O–H groups in total. The molecule has 2 aliphatic rings. The van der Waals surface area contributed by atoms with Crippen LogP contribution < -0.4 is 5.32 Å². The van der Waals surface area contributed by atoms with E-state index >= 15 is 0 Å². The number of rotatable bonds is 3. The first-order valence-electron chi connectivity index (χ1n) is 8.37. The van der Waals surface area contributed by atoms with Crippen molar-refractivity contribution in [2.45, 2.75) is 45.4 Å². The second-order valence-corrected chi connectivity index (χ2v) is 7.38. The summed E-state index contributed by atoms with van der Waals surface area (Å²) in [7, 11) is 0. The fourth-order valence-electron chi connectivity index (χ4n) is 3.42. The summed E-state index contributed by atoms with van der Waals surface area (Å²) in [6.07, 6.45) is 6.09. The zero-order valence-electron chi connectivity index (χ0n) is 13.2. The van der Waals surface area contributed by atoms with Gasteiger partial charge in [0.1, 0.15) is 0 Å². The van der Waals surface area contributed by atoms with Crippen LogP contribution >= 0.6 is 11.3 Å². The van der Waals surface area contributed by atoms with E-state index in [1.165, 1.54) is 16.9 Å². The van der Waals surface area contributed by atoms with Crippen LogP contribution in [-0.4, -0.2) is 36.3 Å². The lowest BCUT2D eigenvalue weighted by molar-refractivity contribution is -0.125. The van der Waals surface area contributed by atoms with E-state index in [1.54, 1.807) is 11.3 Å². The number of fused-ring (bicyclic) bond motifs is 1. The van der Waals surface area contributed by atoms with Crippen LogP contribution in [0.4, 0.5) is 0 Å². The Kier molecular flexibility index (Phi) is 4.81. The van der Waals surface area contributed by atoms with Gasteiger partial charge in [0, 0.05) is 30.4 Å². The zero-order valence-corrected chi connectivity index (χ0v) is 14.0. The lowest BCUT2D eigenvalue weighted by Gasteiger charge is -2.26. The van der Waals surface area contributed by atoms with Gasteiger partial charge in [-0.15, -0.1) is 11.3 Å². The summed E-state index contributed by atoms with van der Waals surface area (Å²) in [5, 5.41) is 2.92. The first kappa shape index (κ1) is 15.5. The lowest BCUT2D eigenvalue weighted by Crippen LogP contribution is -2.35. The highest BCUT2D eigenvalue weighted by atomic mass is 32.1. The molecular weight excluding hydrogens is 296 g/mol. The van der Waals surface area contributed by atoms with Gasteiger partial charge in [0.15, 0.2) is 0 Å². The van der Waals surface area contributed by atoms with Crippen molar-refractivity contribution in [2.75, 3.05) is 19.6 Å². The zero-order chi connectivity index (χ0) is 15.5. The number of hydrogen-bond donors (Lipinski definition) is 1. The summed E-state index contributed by atoms with van der Waals surface area (Å²) < 4.78 is 0. The van der Waals surface area contributed by atoms with E-state index in [2.05, 4.69) is 5.32 Å². The number of likely N-dealkylation sites (tertiary alicyclic amines) is 1. The summed E-state index contributed by atoms with van der Waals surface area (Å²) in [6.45, 7) is 4.42. The highest BCUT2D eigenvalue weighted by Crippen LogP contribution is 2.33. The fourth-order valence-corrected chi connectivity index (χ4v) is 4.60. The Labute approximate surface area is 135 Å². The predicted octanol–water partition coefficient (Wildman–Crippen LogP) is 2.62. The van der Waals surface area contributed by atoms with Crippen molar-refractivity contribution in [1.82, 2.24) is 10.2 Å². The van der Waals surface area contributed by atoms with E-state index < -0.39 is 0 Å². The second-order valence-electron chi connectivity index (χ2n) is 6.25. The molecule has 0 aromatic carbocycles. The molecule has 2 amide bonds. The minimum atomic E-state index is 0.0694. The summed E-state index contributed by atoms with van der Waals surface area (Å²) in [5.74, 6) is 0.414. The Hall–Kier alpha value is -1.36. The molecule has 0 spiro atoms. The van der Waals surface area contributed by atoms with Crippen molar-refractivity contribution in [3.63, 3.8) is 0 Å². The molecule has 22 heavy (non-hydrogen) atoms. The van der Waals surface area contributed by atoms with Gasteiger partial charge < -0.3 is 10.2 Å². The smallest absolute Gasteiger partial charge is 0.263 e. The van der Waals surface area contributed by atoms with Crippen molar-refractivity contribution in [1.29, 1.82) is 0 Å². The SMILES string of the molecule is CCNC(=O)[C@@H]1CCc2sc(C(=O)N3CCCCC3)cc2C1. The number of thiophene rings is 1. The number of piperidine rings is 1. The van der Waals surface area contributed by atoms with Gasteiger partial charge in [0.2, 0.25) is 5.91 Å². The van der Waals surface area contributed by atoms with Crippen LogP contribution in [0.2, 0.25) is 0 Å². The van der Waals surface area contributed by atoms with E-state index in [0.29, 0.717) is 6.54 Å². The fraction of sp³-hybridized carbons (Fsp3) is 0.647. The third kappa shape index (κ3) is 3.19. The van der Waals surface area contributed by atoms with Crippen LogP contribution in [-0.2, 0) is 17.6 Å². The molecule has 1 aliphatic heterocycles. The van der Waals surface area contributed by atoms with Crippen LogP contribution in [0, 0.1) is 5.92 Å². The third-order valence-electron chi connectivity index (χ3n) is 4.66. The molecule has 2 heterocycles. The largest absolute Gasteiger partial charge is 0.356 e. The molecule has 1 saturated heterocycles. The van der Waals surface area contributed by atoms with Crippen molar-refractivity contribution in [2.24, 2.45) is 5.92 Å². The lowest BCUT2D eigenvalue weighted by atomic mass is 9.88. The third-order valence-corrected chi connectivity index (χ3v) is 5.88. The molecule has 1 aromatic rings. The number of carbonyl (C=O) groups excluding carboxylic acids is 2. The molecule has 0 bridgehead atoms. The molecule has 0 radical (unpaired) electrons. The molecule has 1 atom stereocenters. The standard InChI is InChI=1S/C17H24N2O2S/c1-2-18-16(20)12-6-7-14-13(10-12)11-15(22-14)17(21)19-8-4-3-5-9-19/h11-12H,2-10H2,1H3,(H,18,20)/t12-/m1/s1. The number of nitrogens with one attached hydrogen (secondary N) is 1. The molecule has 1 aromatic heterocycles. The van der Waals surface area contributed by atoms with E-state index in [4.69, 9.17) is 0 Å². The number of hydrogen-bond acceptors (Lipinski definition) is 3. The topological polar surface area (TPSA) is 49.4 Å². The van der Waals surface area contributed by atoms with Gasteiger partial charge in [-0.3, -0.25) is 9.59 Å². The van der Waals surface area contributed by atoms with Crippen LogP contribution in [0.5, 0.6) is 0 Å². The van der Waals surface area contributed by atoms with Crippen molar-refractivity contribution < 1.29 is 9.59 Å². The second kappa shape index (κ2) is 6.82. The molecule has 0 unspecified atom stereocenters. The highest BCUT2D eigenvalue weighted by molar-refractivity contribution is 7.14. The number of carbonyl (C=O) groups is 2. The summed E-state index contributed by atoms with van der Waals surface area (Å²) in [6, 6.07) is 2.04. The Morgan fingerprint density at radius 3 is 2.82 bits per heavy atom. The Morgan fingerprint density at radius 1 is 1.32 bits per heavy atom. The van der Waals surface area contributed by atoms with Gasteiger partial charge in [0.25, 0.3) is 5.91 Å². The first-order valence-corrected chi connectivity index (χ1v) is 9.19. The molecule has 1 aliphatic carbocycles. The van der Waals surface area contributed by atoms with E-state index in [0.717, 1.165) is 50.1 Å². The van der Waals surface area contributed by atoms with E-state index in [-0.39, 0.29) is 17.7 Å². The van der Waals surface area contributed by atoms with Crippen molar-refractivity contribution >= 4 is 23.2 Å². The van der Waals surface area contributed by atoms with E-state index in [9.17, 15) is 9.59 Å². The van der Waals surface area contributed by atoms with Gasteiger partial charge >= 0.3 is 0 Å². The van der Waals surface area contributed by atoms with Crippen molar-refractivity contribution in [3.8, 4) is 0 Å². The van der Waals surface area contributed by atoms with Crippen LogP contribution in [0.1, 0.15) is 52.7 Å². The van der Waals surface area contributed by atoms with Gasteiger partial charge in [-0.25, -0.2) is 0 Å². The number of amides is 2. The van der Waals surface area contributed by atoms with Crippen molar-refractivity contribution in [3.05, 3.63) is 21.4 Å². The van der Waals surface area contributed by atoms with Gasteiger partial charge in [0.05, 0.1) is 4.88 Å². The van der Waals surface area contributed by atoms with Gasteiger partial charge in [-0.1, -0.05) is 0 Å². The maximum atomic E-state index is 12.6. The molecule has 5 heteroatoms. The molecule has 0 saturated carbocycles. The first-order chi connectivity index (χ1) is 10.7. The Morgan fingerprint density at radius 2 is 2.09 bits per heavy atom. The number of nitrogens with zero attached hydrogens (tertiary/aromatic N) is 1. The number of aryl methyl sites for hydroxylation is 1. The van der Waals surface area contributed by atoms with Crippen LogP contribution in [0.15, 0.2) is 6.07 Å². The minimum Gasteiger partial charge on any atom is -0.356 e. The predicted molar refractivity (Wildman–Crippen MR) is 88.3 cm³/mol. The van der Waals surface area contributed by atoms with Gasteiger partial charge in [-0.05, 0) is 57.1 Å². The normalized spacial score (nSPS) is 21.3. The summed E-state index contributed by atoms with van der Waals surface area (Å²) in [5.41, 5.74) is 1.22. The summed E-state index contributed by atoms with van der Waals surface area (Å²) in [4.78, 5) is 28.8. The average Bonchev–Trinajstić information content (AvgIpc) is 2.98. The molecule has 120 valence electrons. The maximum Gasteiger partial charge on any atom is 0.263 e. The van der Waals surface area contributed by atoms with Crippen LogP contribution in [0.25, 0.3) is 0 Å². The maximum absolute atomic E-state index is 12.6. The molecular formula is C17H24N2O2S. The molecule has 1 fully saturated rings. The Bertz CT molecular complexity index is 561. The average molecular weight is 320 g/mol. The minimum absolute atomic E-state index is 0.0694. The highest BCUT2D eigenvalue weighted by Gasteiger charge is 2.28. The molecule has 3 rings (SSSR count). The monoisotopic (exact) mass is 320 g/mol. The van der Waals surface area contributed by atoms with Crippen LogP contribution in [0.3, 0.4) is 0 Å². The van der Waals surface area contributed by atoms with E-state index in [1.807, 2.05) is 17.9 Å². The summed E-state index contributed by atoms with van der Waals surface area (Å²) >= 11 is 1.64. The quantitative estimate of drug-likeness (QED) is 0.931. The molecule has 4 nitrogen and oxygen atoms in total.